The predicted molar refractivity (Wildman–Crippen MR) is 76.3 cm³/mol. The molecule has 0 spiro atoms. The molecule has 4 nitrogen and oxygen atoms in total. The highest BCUT2D eigenvalue weighted by Gasteiger charge is 2.13. The van der Waals surface area contributed by atoms with E-state index in [9.17, 15) is 0 Å². The van der Waals surface area contributed by atoms with Crippen LogP contribution in [0.15, 0.2) is 17.4 Å². The van der Waals surface area contributed by atoms with Crippen LogP contribution in [0.25, 0.3) is 0 Å². The summed E-state index contributed by atoms with van der Waals surface area (Å²) in [5, 5.41) is 4.36. The molecule has 0 amide bonds. The maximum absolute atomic E-state index is 5.75. The second-order valence-corrected chi connectivity index (χ2v) is 5.03. The van der Waals surface area contributed by atoms with Crippen molar-refractivity contribution >= 4 is 24.2 Å². The minimum atomic E-state index is 0. The van der Waals surface area contributed by atoms with Crippen molar-refractivity contribution in [3.63, 3.8) is 0 Å². The highest BCUT2D eigenvalue weighted by atomic mass is 35.5. The zero-order chi connectivity index (χ0) is 11.9. The lowest BCUT2D eigenvalue weighted by atomic mass is 10.0. The Morgan fingerprint density at radius 2 is 2.28 bits per heavy atom. The van der Waals surface area contributed by atoms with Crippen molar-refractivity contribution in [2.45, 2.75) is 24.5 Å². The van der Waals surface area contributed by atoms with Gasteiger partial charge in [-0.3, -0.25) is 4.98 Å². The number of rotatable bonds is 5. The van der Waals surface area contributed by atoms with Gasteiger partial charge in [0.15, 0.2) is 0 Å². The first kappa shape index (κ1) is 15.7. The molecule has 0 saturated carbocycles. The van der Waals surface area contributed by atoms with E-state index < -0.39 is 0 Å². The number of halogens is 1. The first-order valence-electron chi connectivity index (χ1n) is 6.02. The number of aromatic nitrogens is 2. The standard InChI is InChI=1S/C12H19N3OS.ClH/c1-17-12-11(14-5-6-15-12)9-16-8-10-3-2-4-13-7-10;/h5-6,10,13H,2-4,7-9H2,1H3;1H. The number of nitrogens with zero attached hydrogens (tertiary/aromatic N) is 2. The summed E-state index contributed by atoms with van der Waals surface area (Å²) in [6.07, 6.45) is 7.98. The summed E-state index contributed by atoms with van der Waals surface area (Å²) in [5.74, 6) is 0.651. The molecule has 0 aliphatic carbocycles. The molecule has 1 aliphatic rings. The van der Waals surface area contributed by atoms with Gasteiger partial charge in [-0.1, -0.05) is 0 Å². The van der Waals surface area contributed by atoms with Gasteiger partial charge in [0.2, 0.25) is 0 Å². The fraction of sp³-hybridized carbons (Fsp3) is 0.667. The van der Waals surface area contributed by atoms with Gasteiger partial charge >= 0.3 is 0 Å². The van der Waals surface area contributed by atoms with Gasteiger partial charge in [-0.05, 0) is 31.6 Å². The maximum Gasteiger partial charge on any atom is 0.120 e. The second kappa shape index (κ2) is 8.69. The first-order chi connectivity index (χ1) is 8.40. The van der Waals surface area contributed by atoms with Crippen molar-refractivity contribution in [3.05, 3.63) is 18.1 Å². The number of nitrogens with one attached hydrogen (secondary N) is 1. The molecule has 1 aromatic rings. The van der Waals surface area contributed by atoms with Crippen LogP contribution in [0.4, 0.5) is 0 Å². The average molecular weight is 290 g/mol. The van der Waals surface area contributed by atoms with Gasteiger partial charge in [-0.15, -0.1) is 24.2 Å². The molecule has 2 heterocycles. The summed E-state index contributed by atoms with van der Waals surface area (Å²) in [6, 6.07) is 0. The van der Waals surface area contributed by atoms with E-state index in [1.165, 1.54) is 12.8 Å². The zero-order valence-corrected chi connectivity index (χ0v) is 12.2. The van der Waals surface area contributed by atoms with E-state index in [4.69, 9.17) is 4.74 Å². The van der Waals surface area contributed by atoms with Crippen LogP contribution in [0.2, 0.25) is 0 Å². The Labute approximate surface area is 119 Å². The molecule has 2 rings (SSSR count). The zero-order valence-electron chi connectivity index (χ0n) is 10.6. The van der Waals surface area contributed by atoms with Crippen LogP contribution in [0.1, 0.15) is 18.5 Å². The minimum absolute atomic E-state index is 0. The third-order valence-corrected chi connectivity index (χ3v) is 3.65. The second-order valence-electron chi connectivity index (χ2n) is 4.24. The van der Waals surface area contributed by atoms with E-state index in [-0.39, 0.29) is 12.4 Å². The van der Waals surface area contributed by atoms with Crippen LogP contribution in [-0.2, 0) is 11.3 Å². The number of ether oxygens (including phenoxy) is 1. The Hall–Kier alpha value is -0.360. The number of piperidine rings is 1. The van der Waals surface area contributed by atoms with E-state index in [0.717, 1.165) is 30.4 Å². The van der Waals surface area contributed by atoms with Crippen LogP contribution in [0, 0.1) is 5.92 Å². The van der Waals surface area contributed by atoms with Gasteiger partial charge in [0.05, 0.1) is 18.9 Å². The fourth-order valence-electron chi connectivity index (χ4n) is 2.01. The highest BCUT2D eigenvalue weighted by molar-refractivity contribution is 7.98. The van der Waals surface area contributed by atoms with Gasteiger partial charge in [0.25, 0.3) is 0 Å². The molecular formula is C12H20ClN3OS. The predicted octanol–water partition coefficient (Wildman–Crippen LogP) is 2.14. The van der Waals surface area contributed by atoms with Crippen LogP contribution in [0.3, 0.4) is 0 Å². The molecule has 0 bridgehead atoms. The topological polar surface area (TPSA) is 47.0 Å². The lowest BCUT2D eigenvalue weighted by molar-refractivity contribution is 0.0747. The summed E-state index contributed by atoms with van der Waals surface area (Å²) in [5.41, 5.74) is 0.948. The summed E-state index contributed by atoms with van der Waals surface area (Å²) in [6.45, 7) is 3.62. The molecule has 102 valence electrons. The van der Waals surface area contributed by atoms with Gasteiger partial charge < -0.3 is 10.1 Å². The van der Waals surface area contributed by atoms with Crippen molar-refractivity contribution in [1.82, 2.24) is 15.3 Å². The van der Waals surface area contributed by atoms with Crippen molar-refractivity contribution in [2.24, 2.45) is 5.92 Å². The Bertz CT molecular complexity index is 348. The number of hydrogen-bond acceptors (Lipinski definition) is 5. The van der Waals surface area contributed by atoms with Crippen LogP contribution >= 0.6 is 24.2 Å². The van der Waals surface area contributed by atoms with E-state index in [1.807, 2.05) is 6.26 Å². The van der Waals surface area contributed by atoms with Crippen molar-refractivity contribution in [3.8, 4) is 0 Å². The number of hydrogen-bond donors (Lipinski definition) is 1. The largest absolute Gasteiger partial charge is 0.375 e. The molecule has 1 aromatic heterocycles. The summed E-state index contributed by atoms with van der Waals surface area (Å²) < 4.78 is 5.75. The third kappa shape index (κ3) is 4.72. The molecule has 6 heteroatoms. The van der Waals surface area contributed by atoms with Crippen molar-refractivity contribution in [2.75, 3.05) is 26.0 Å². The van der Waals surface area contributed by atoms with Crippen molar-refractivity contribution < 1.29 is 4.74 Å². The van der Waals surface area contributed by atoms with Crippen LogP contribution < -0.4 is 5.32 Å². The van der Waals surface area contributed by atoms with Gasteiger partial charge in [0, 0.05) is 18.9 Å². The van der Waals surface area contributed by atoms with E-state index >= 15 is 0 Å². The summed E-state index contributed by atoms with van der Waals surface area (Å²) in [7, 11) is 0. The molecule has 1 saturated heterocycles. The first-order valence-corrected chi connectivity index (χ1v) is 7.25. The lowest BCUT2D eigenvalue weighted by Gasteiger charge is -2.22. The molecule has 1 aliphatic heterocycles. The normalized spacial score (nSPS) is 19.3. The Morgan fingerprint density at radius 3 is 3.00 bits per heavy atom. The molecular weight excluding hydrogens is 270 g/mol. The smallest absolute Gasteiger partial charge is 0.120 e. The van der Waals surface area contributed by atoms with Crippen molar-refractivity contribution in [1.29, 1.82) is 0 Å². The van der Waals surface area contributed by atoms with Gasteiger partial charge in [0.1, 0.15) is 5.03 Å². The SMILES string of the molecule is CSc1nccnc1COCC1CCCNC1.Cl. The monoisotopic (exact) mass is 289 g/mol. The molecule has 0 aromatic carbocycles. The van der Waals surface area contributed by atoms with Crippen LogP contribution in [-0.4, -0.2) is 35.9 Å². The highest BCUT2D eigenvalue weighted by Crippen LogP contribution is 2.16. The number of thioether (sulfide) groups is 1. The Balaban J connectivity index is 0.00000162. The molecule has 1 N–H and O–H groups in total. The van der Waals surface area contributed by atoms with E-state index in [1.54, 1.807) is 24.2 Å². The molecule has 0 radical (unpaired) electrons. The minimum Gasteiger partial charge on any atom is -0.375 e. The third-order valence-electron chi connectivity index (χ3n) is 2.92. The Morgan fingerprint density at radius 1 is 1.44 bits per heavy atom. The van der Waals surface area contributed by atoms with E-state index in [0.29, 0.717) is 12.5 Å². The molecule has 1 unspecified atom stereocenters. The summed E-state index contributed by atoms with van der Waals surface area (Å²) >= 11 is 1.62. The molecule has 1 fully saturated rings. The molecule has 18 heavy (non-hydrogen) atoms. The molecule has 1 atom stereocenters. The van der Waals surface area contributed by atoms with Crippen LogP contribution in [0.5, 0.6) is 0 Å². The average Bonchev–Trinajstić information content (AvgIpc) is 2.40. The lowest BCUT2D eigenvalue weighted by Crippen LogP contribution is -2.32. The van der Waals surface area contributed by atoms with Gasteiger partial charge in [-0.25, -0.2) is 4.98 Å². The Kier molecular flexibility index (Phi) is 7.58. The van der Waals surface area contributed by atoms with Gasteiger partial charge in [-0.2, -0.15) is 0 Å². The fourth-order valence-corrected chi connectivity index (χ4v) is 2.53. The summed E-state index contributed by atoms with van der Waals surface area (Å²) in [4.78, 5) is 8.58. The maximum atomic E-state index is 5.75. The van der Waals surface area contributed by atoms with E-state index in [2.05, 4.69) is 15.3 Å². The quantitative estimate of drug-likeness (QED) is 0.842.